The molecule has 1 rings (SSSR count). The zero-order valence-electron chi connectivity index (χ0n) is 11.4. The molecule has 0 saturated carbocycles. The fourth-order valence-corrected chi connectivity index (χ4v) is 1.72. The van der Waals surface area contributed by atoms with E-state index in [1.807, 2.05) is 0 Å². The standard InChI is InChI=1S/C13H18O6/c1-16-9-6-5-8(7-10(9)17-2)12(18-3)11(14)13(15)19-4/h5-7,11-12,14H,1-4H3/t11-,12-/m0/s1. The third-order valence-corrected chi connectivity index (χ3v) is 2.72. The lowest BCUT2D eigenvalue weighted by atomic mass is 10.0. The predicted octanol–water partition coefficient (Wildman–Crippen LogP) is 0.925. The third kappa shape index (κ3) is 3.36. The summed E-state index contributed by atoms with van der Waals surface area (Å²) in [4.78, 5) is 11.4. The van der Waals surface area contributed by atoms with E-state index in [9.17, 15) is 9.90 Å². The second-order valence-electron chi connectivity index (χ2n) is 3.74. The second kappa shape index (κ2) is 6.96. The molecule has 0 radical (unpaired) electrons. The van der Waals surface area contributed by atoms with Gasteiger partial charge in [-0.3, -0.25) is 0 Å². The van der Waals surface area contributed by atoms with E-state index >= 15 is 0 Å². The summed E-state index contributed by atoms with van der Waals surface area (Å²) >= 11 is 0. The topological polar surface area (TPSA) is 74.2 Å². The molecule has 19 heavy (non-hydrogen) atoms. The largest absolute Gasteiger partial charge is 0.493 e. The summed E-state index contributed by atoms with van der Waals surface area (Å²) in [5, 5.41) is 9.85. The maximum atomic E-state index is 11.4. The summed E-state index contributed by atoms with van der Waals surface area (Å²) < 4.78 is 19.9. The molecule has 0 spiro atoms. The van der Waals surface area contributed by atoms with E-state index < -0.39 is 18.2 Å². The molecule has 2 atom stereocenters. The summed E-state index contributed by atoms with van der Waals surface area (Å²) in [5.41, 5.74) is 0.582. The Hall–Kier alpha value is -1.79. The van der Waals surface area contributed by atoms with Crippen LogP contribution in [0.4, 0.5) is 0 Å². The van der Waals surface area contributed by atoms with Crippen molar-refractivity contribution in [2.24, 2.45) is 0 Å². The first-order chi connectivity index (χ1) is 9.08. The molecule has 106 valence electrons. The lowest BCUT2D eigenvalue weighted by Gasteiger charge is -2.21. The van der Waals surface area contributed by atoms with Gasteiger partial charge in [0.15, 0.2) is 17.6 Å². The molecule has 1 N–H and O–H groups in total. The van der Waals surface area contributed by atoms with Crippen molar-refractivity contribution < 1.29 is 28.8 Å². The van der Waals surface area contributed by atoms with Gasteiger partial charge in [0, 0.05) is 7.11 Å². The molecule has 0 amide bonds. The Balaban J connectivity index is 3.08. The predicted molar refractivity (Wildman–Crippen MR) is 67.3 cm³/mol. The van der Waals surface area contributed by atoms with Crippen molar-refractivity contribution in [3.05, 3.63) is 23.8 Å². The minimum absolute atomic E-state index is 0.485. The van der Waals surface area contributed by atoms with Crippen molar-refractivity contribution in [3.63, 3.8) is 0 Å². The highest BCUT2D eigenvalue weighted by atomic mass is 16.5. The Labute approximate surface area is 111 Å². The van der Waals surface area contributed by atoms with Gasteiger partial charge in [0.1, 0.15) is 6.10 Å². The molecular weight excluding hydrogens is 252 g/mol. The van der Waals surface area contributed by atoms with Crippen molar-refractivity contribution in [1.82, 2.24) is 0 Å². The van der Waals surface area contributed by atoms with Crippen molar-refractivity contribution >= 4 is 5.97 Å². The molecule has 0 unspecified atom stereocenters. The van der Waals surface area contributed by atoms with Crippen molar-refractivity contribution in [3.8, 4) is 11.5 Å². The van der Waals surface area contributed by atoms with Crippen LogP contribution in [-0.4, -0.2) is 45.6 Å². The average Bonchev–Trinajstić information content (AvgIpc) is 2.46. The Kier molecular flexibility index (Phi) is 5.59. The van der Waals surface area contributed by atoms with Gasteiger partial charge in [-0.15, -0.1) is 0 Å². The molecule has 1 aromatic carbocycles. The quantitative estimate of drug-likeness (QED) is 0.775. The minimum atomic E-state index is -1.41. The smallest absolute Gasteiger partial charge is 0.337 e. The number of carbonyl (C=O) groups is 1. The number of rotatable bonds is 6. The van der Waals surface area contributed by atoms with Crippen LogP contribution in [0.25, 0.3) is 0 Å². The van der Waals surface area contributed by atoms with E-state index in [1.165, 1.54) is 28.4 Å². The number of benzene rings is 1. The van der Waals surface area contributed by atoms with E-state index in [1.54, 1.807) is 18.2 Å². The molecule has 0 fully saturated rings. The fraction of sp³-hybridized carbons (Fsp3) is 0.462. The third-order valence-electron chi connectivity index (χ3n) is 2.72. The Bertz CT molecular complexity index is 431. The van der Waals surface area contributed by atoms with Crippen molar-refractivity contribution in [2.45, 2.75) is 12.2 Å². The summed E-state index contributed by atoms with van der Waals surface area (Å²) in [5.74, 6) is 0.273. The first kappa shape index (κ1) is 15.3. The molecule has 0 aromatic heterocycles. The minimum Gasteiger partial charge on any atom is -0.493 e. The van der Waals surface area contributed by atoms with Crippen LogP contribution in [0.2, 0.25) is 0 Å². The number of aliphatic hydroxyl groups excluding tert-OH is 1. The van der Waals surface area contributed by atoms with E-state index in [0.29, 0.717) is 17.1 Å². The Morgan fingerprint density at radius 2 is 1.74 bits per heavy atom. The van der Waals surface area contributed by atoms with Crippen molar-refractivity contribution in [2.75, 3.05) is 28.4 Å². The summed E-state index contributed by atoms with van der Waals surface area (Å²) in [6, 6.07) is 4.99. The molecule has 0 bridgehead atoms. The van der Waals surface area contributed by atoms with Gasteiger partial charge in [-0.1, -0.05) is 6.07 Å². The number of hydrogen-bond donors (Lipinski definition) is 1. The highest BCUT2D eigenvalue weighted by Crippen LogP contribution is 2.32. The van der Waals surface area contributed by atoms with Crippen LogP contribution in [-0.2, 0) is 14.3 Å². The molecule has 6 nitrogen and oxygen atoms in total. The van der Waals surface area contributed by atoms with Gasteiger partial charge >= 0.3 is 5.97 Å². The molecule has 0 aliphatic rings. The van der Waals surface area contributed by atoms with Gasteiger partial charge < -0.3 is 24.1 Å². The lowest BCUT2D eigenvalue weighted by Crippen LogP contribution is -2.30. The zero-order valence-corrected chi connectivity index (χ0v) is 11.4. The first-order valence-electron chi connectivity index (χ1n) is 5.59. The molecule has 0 aliphatic heterocycles. The number of methoxy groups -OCH3 is 4. The van der Waals surface area contributed by atoms with Crippen LogP contribution in [0, 0.1) is 0 Å². The van der Waals surface area contributed by atoms with E-state index in [0.717, 1.165) is 0 Å². The van der Waals surface area contributed by atoms with Gasteiger partial charge in [0.2, 0.25) is 0 Å². The number of carbonyl (C=O) groups excluding carboxylic acids is 1. The van der Waals surface area contributed by atoms with Gasteiger partial charge in [-0.05, 0) is 17.7 Å². The molecule has 0 saturated heterocycles. The van der Waals surface area contributed by atoms with E-state index in [-0.39, 0.29) is 0 Å². The van der Waals surface area contributed by atoms with Crippen LogP contribution in [0.15, 0.2) is 18.2 Å². The number of aliphatic hydroxyl groups is 1. The maximum Gasteiger partial charge on any atom is 0.337 e. The first-order valence-corrected chi connectivity index (χ1v) is 5.59. The monoisotopic (exact) mass is 270 g/mol. The van der Waals surface area contributed by atoms with Gasteiger partial charge in [0.05, 0.1) is 21.3 Å². The molecule has 1 aromatic rings. The molecule has 0 heterocycles. The second-order valence-corrected chi connectivity index (χ2v) is 3.74. The highest BCUT2D eigenvalue weighted by Gasteiger charge is 2.29. The van der Waals surface area contributed by atoms with Crippen molar-refractivity contribution in [1.29, 1.82) is 0 Å². The summed E-state index contributed by atoms with van der Waals surface area (Å²) in [6.45, 7) is 0. The van der Waals surface area contributed by atoms with Crippen LogP contribution < -0.4 is 9.47 Å². The van der Waals surface area contributed by atoms with Gasteiger partial charge in [-0.25, -0.2) is 4.79 Å². The Morgan fingerprint density at radius 1 is 1.11 bits per heavy atom. The maximum absolute atomic E-state index is 11.4. The van der Waals surface area contributed by atoms with Crippen LogP contribution in [0.1, 0.15) is 11.7 Å². The average molecular weight is 270 g/mol. The number of esters is 1. The lowest BCUT2D eigenvalue weighted by molar-refractivity contribution is -0.158. The van der Waals surface area contributed by atoms with E-state index in [2.05, 4.69) is 4.74 Å². The summed E-state index contributed by atoms with van der Waals surface area (Å²) in [7, 11) is 5.62. The Morgan fingerprint density at radius 3 is 2.21 bits per heavy atom. The molecular formula is C13H18O6. The van der Waals surface area contributed by atoms with Gasteiger partial charge in [0.25, 0.3) is 0 Å². The number of ether oxygens (including phenoxy) is 4. The molecule has 0 aliphatic carbocycles. The van der Waals surface area contributed by atoms with Crippen LogP contribution in [0.5, 0.6) is 11.5 Å². The van der Waals surface area contributed by atoms with E-state index in [4.69, 9.17) is 14.2 Å². The summed E-state index contributed by atoms with van der Waals surface area (Å²) in [6.07, 6.45) is -2.25. The molecule has 6 heteroatoms. The highest BCUT2D eigenvalue weighted by molar-refractivity contribution is 5.75. The fourth-order valence-electron chi connectivity index (χ4n) is 1.72. The van der Waals surface area contributed by atoms with Gasteiger partial charge in [-0.2, -0.15) is 0 Å². The zero-order chi connectivity index (χ0) is 14.4. The number of hydrogen-bond acceptors (Lipinski definition) is 6. The SMILES string of the molecule is COC(=O)[C@@H](O)[C@@H](OC)c1ccc(OC)c(OC)c1. The van der Waals surface area contributed by atoms with Crippen LogP contribution >= 0.6 is 0 Å². The normalized spacial score (nSPS) is 13.5. The van der Waals surface area contributed by atoms with Crippen LogP contribution in [0.3, 0.4) is 0 Å².